The van der Waals surface area contributed by atoms with Crippen LogP contribution in [0.15, 0.2) is 27.1 Å². The van der Waals surface area contributed by atoms with Gasteiger partial charge in [0.15, 0.2) is 5.75 Å². The van der Waals surface area contributed by atoms with Gasteiger partial charge >= 0.3 is 0 Å². The second-order valence-electron chi connectivity index (χ2n) is 3.42. The third kappa shape index (κ3) is 2.07. The fourth-order valence-electron chi connectivity index (χ4n) is 1.52. The van der Waals surface area contributed by atoms with E-state index in [-0.39, 0.29) is 5.75 Å². The molecule has 0 atom stereocenters. The van der Waals surface area contributed by atoms with Crippen molar-refractivity contribution in [1.82, 2.24) is 10.3 Å². The lowest BCUT2D eigenvalue weighted by Gasteiger charge is -2.07. The van der Waals surface area contributed by atoms with Crippen molar-refractivity contribution in [3.8, 4) is 5.75 Å². The molecule has 0 spiro atoms. The van der Waals surface area contributed by atoms with Crippen molar-refractivity contribution in [2.45, 2.75) is 6.54 Å². The van der Waals surface area contributed by atoms with E-state index < -0.39 is 0 Å². The number of hydrogen-bond acceptors (Lipinski definition) is 3. The fourth-order valence-corrected chi connectivity index (χ4v) is 2.80. The minimum atomic E-state index is 0.177. The van der Waals surface area contributed by atoms with E-state index >= 15 is 0 Å². The topological polar surface area (TPSA) is 45.1 Å². The average molecular weight is 346 g/mol. The van der Waals surface area contributed by atoms with Gasteiger partial charge in [-0.2, -0.15) is 0 Å². The molecule has 0 fully saturated rings. The Bertz CT molecular complexity index is 543. The first kappa shape index (κ1) is 11.8. The fraction of sp³-hybridized carbons (Fsp3) is 0.182. The van der Waals surface area contributed by atoms with Crippen molar-refractivity contribution < 1.29 is 5.11 Å². The zero-order valence-electron chi connectivity index (χ0n) is 8.59. The molecule has 2 N–H and O–H groups in total. The molecule has 0 aliphatic heterocycles. The normalized spacial score (nSPS) is 10.9. The number of fused-ring (bicyclic) bond motifs is 1. The van der Waals surface area contributed by atoms with E-state index in [0.717, 1.165) is 15.6 Å². The molecule has 1 aromatic carbocycles. The molecule has 0 radical (unpaired) electrons. The van der Waals surface area contributed by atoms with Crippen LogP contribution in [0.1, 0.15) is 5.69 Å². The molecule has 2 aromatic rings. The van der Waals surface area contributed by atoms with Crippen molar-refractivity contribution >= 4 is 42.8 Å². The summed E-state index contributed by atoms with van der Waals surface area (Å²) >= 11 is 6.74. The smallest absolute Gasteiger partial charge is 0.156 e. The van der Waals surface area contributed by atoms with E-state index in [9.17, 15) is 5.11 Å². The molecule has 0 aliphatic rings. The number of pyridine rings is 1. The molecule has 3 nitrogen and oxygen atoms in total. The van der Waals surface area contributed by atoms with Gasteiger partial charge in [0.05, 0.1) is 10.2 Å². The van der Waals surface area contributed by atoms with Gasteiger partial charge in [-0.05, 0) is 41.2 Å². The van der Waals surface area contributed by atoms with Crippen LogP contribution in [-0.4, -0.2) is 17.1 Å². The predicted molar refractivity (Wildman–Crippen MR) is 71.6 cm³/mol. The molecule has 0 amide bonds. The second kappa shape index (κ2) is 4.69. The zero-order chi connectivity index (χ0) is 11.7. The maximum atomic E-state index is 9.92. The third-order valence-electron chi connectivity index (χ3n) is 2.27. The highest BCUT2D eigenvalue weighted by molar-refractivity contribution is 9.11. The Labute approximate surface area is 110 Å². The van der Waals surface area contributed by atoms with E-state index in [4.69, 9.17) is 0 Å². The van der Waals surface area contributed by atoms with Crippen molar-refractivity contribution in [3.63, 3.8) is 0 Å². The number of aromatic hydroxyl groups is 1. The highest BCUT2D eigenvalue weighted by Gasteiger charge is 2.10. The summed E-state index contributed by atoms with van der Waals surface area (Å²) in [7, 11) is 1.86. The van der Waals surface area contributed by atoms with Crippen molar-refractivity contribution in [2.75, 3.05) is 7.05 Å². The van der Waals surface area contributed by atoms with Crippen LogP contribution in [0.25, 0.3) is 10.9 Å². The molecule has 1 aromatic heterocycles. The lowest BCUT2D eigenvalue weighted by Crippen LogP contribution is -2.06. The minimum absolute atomic E-state index is 0.177. The molecule has 0 saturated carbocycles. The summed E-state index contributed by atoms with van der Waals surface area (Å²) in [4.78, 5) is 4.41. The number of nitrogens with one attached hydrogen (secondary N) is 1. The van der Waals surface area contributed by atoms with Crippen LogP contribution in [0, 0.1) is 0 Å². The van der Waals surface area contributed by atoms with E-state index in [0.29, 0.717) is 16.5 Å². The van der Waals surface area contributed by atoms with Gasteiger partial charge in [-0.3, -0.25) is 0 Å². The first-order valence-electron chi connectivity index (χ1n) is 4.74. The Kier molecular flexibility index (Phi) is 3.47. The number of halogens is 2. The Balaban J connectivity index is 2.71. The van der Waals surface area contributed by atoms with Gasteiger partial charge in [0.2, 0.25) is 0 Å². The van der Waals surface area contributed by atoms with Gasteiger partial charge in [-0.15, -0.1) is 0 Å². The maximum absolute atomic E-state index is 9.92. The van der Waals surface area contributed by atoms with Gasteiger partial charge in [0.25, 0.3) is 0 Å². The molecule has 1 heterocycles. The number of aromatic nitrogens is 1. The predicted octanol–water partition coefficient (Wildman–Crippen LogP) is 3.18. The molecule has 0 unspecified atom stereocenters. The molecule has 5 heteroatoms. The van der Waals surface area contributed by atoms with Crippen molar-refractivity contribution in [3.05, 3.63) is 32.8 Å². The Hall–Kier alpha value is -0.650. The first-order valence-corrected chi connectivity index (χ1v) is 6.33. The van der Waals surface area contributed by atoms with Crippen LogP contribution in [0.3, 0.4) is 0 Å². The Morgan fingerprint density at radius 1 is 1.31 bits per heavy atom. The molecule has 84 valence electrons. The molecule has 0 bridgehead atoms. The number of phenols is 1. The summed E-state index contributed by atoms with van der Waals surface area (Å²) in [6, 6.07) is 5.71. The molecular weight excluding hydrogens is 336 g/mol. The minimum Gasteiger partial charge on any atom is -0.505 e. The largest absolute Gasteiger partial charge is 0.505 e. The zero-order valence-corrected chi connectivity index (χ0v) is 11.8. The van der Waals surface area contributed by atoms with E-state index in [1.54, 1.807) is 0 Å². The first-order chi connectivity index (χ1) is 7.63. The SMILES string of the molecule is CNCc1ccc2c(Br)cc(Br)c(O)c2n1. The summed E-state index contributed by atoms with van der Waals surface area (Å²) in [5, 5.41) is 13.9. The summed E-state index contributed by atoms with van der Waals surface area (Å²) in [5.74, 6) is 0.177. The maximum Gasteiger partial charge on any atom is 0.156 e. The van der Waals surface area contributed by atoms with Gasteiger partial charge < -0.3 is 10.4 Å². The van der Waals surface area contributed by atoms with Crippen LogP contribution in [0.2, 0.25) is 0 Å². The Morgan fingerprint density at radius 3 is 2.75 bits per heavy atom. The van der Waals surface area contributed by atoms with Gasteiger partial charge in [0, 0.05) is 16.4 Å². The molecule has 2 rings (SSSR count). The Morgan fingerprint density at radius 2 is 2.06 bits per heavy atom. The van der Waals surface area contributed by atoms with Gasteiger partial charge in [-0.25, -0.2) is 4.98 Å². The number of phenolic OH excluding ortho intramolecular Hbond substituents is 1. The average Bonchev–Trinajstić information content (AvgIpc) is 2.26. The van der Waals surface area contributed by atoms with E-state index in [1.165, 1.54) is 0 Å². The summed E-state index contributed by atoms with van der Waals surface area (Å²) < 4.78 is 1.55. The van der Waals surface area contributed by atoms with Crippen LogP contribution < -0.4 is 5.32 Å². The molecule has 16 heavy (non-hydrogen) atoms. The summed E-state index contributed by atoms with van der Waals surface area (Å²) in [6.07, 6.45) is 0. The number of hydrogen-bond donors (Lipinski definition) is 2. The van der Waals surface area contributed by atoms with Crippen LogP contribution in [-0.2, 0) is 6.54 Å². The van der Waals surface area contributed by atoms with Crippen molar-refractivity contribution in [1.29, 1.82) is 0 Å². The summed E-state index contributed by atoms with van der Waals surface area (Å²) in [6.45, 7) is 0.680. The van der Waals surface area contributed by atoms with E-state index in [1.807, 2.05) is 25.2 Å². The number of benzene rings is 1. The van der Waals surface area contributed by atoms with Gasteiger partial charge in [0.1, 0.15) is 5.52 Å². The second-order valence-corrected chi connectivity index (χ2v) is 5.13. The molecule has 0 saturated heterocycles. The highest BCUT2D eigenvalue weighted by atomic mass is 79.9. The number of rotatable bonds is 2. The third-order valence-corrected chi connectivity index (χ3v) is 3.53. The molecule has 0 aliphatic carbocycles. The molecular formula is C11H10Br2N2O. The van der Waals surface area contributed by atoms with Crippen LogP contribution in [0.4, 0.5) is 0 Å². The lowest BCUT2D eigenvalue weighted by atomic mass is 10.2. The standard InChI is InChI=1S/C11H10Br2N2O/c1-14-5-6-2-3-7-8(12)4-9(13)11(16)10(7)15-6/h2-4,14,16H,5H2,1H3. The lowest BCUT2D eigenvalue weighted by molar-refractivity contribution is 0.477. The monoisotopic (exact) mass is 344 g/mol. The summed E-state index contributed by atoms with van der Waals surface area (Å²) in [5.41, 5.74) is 1.50. The van der Waals surface area contributed by atoms with Crippen LogP contribution in [0.5, 0.6) is 5.75 Å². The highest BCUT2D eigenvalue weighted by Crippen LogP contribution is 2.36. The number of nitrogens with zero attached hydrogens (tertiary/aromatic N) is 1. The van der Waals surface area contributed by atoms with Crippen LogP contribution >= 0.6 is 31.9 Å². The van der Waals surface area contributed by atoms with E-state index in [2.05, 4.69) is 42.2 Å². The van der Waals surface area contributed by atoms with Crippen molar-refractivity contribution in [2.24, 2.45) is 0 Å². The van der Waals surface area contributed by atoms with Gasteiger partial charge in [-0.1, -0.05) is 15.9 Å². The quantitative estimate of drug-likeness (QED) is 0.878.